The number of aromatic nitrogens is 2. The van der Waals surface area contributed by atoms with Gasteiger partial charge in [-0.1, -0.05) is 17.3 Å². The first-order valence-electron chi connectivity index (χ1n) is 9.19. The predicted molar refractivity (Wildman–Crippen MR) is 110 cm³/mol. The van der Waals surface area contributed by atoms with Crippen LogP contribution in [0.1, 0.15) is 23.0 Å². The molecule has 0 unspecified atom stereocenters. The van der Waals surface area contributed by atoms with E-state index in [1.54, 1.807) is 67.7 Å². The molecule has 0 saturated carbocycles. The van der Waals surface area contributed by atoms with Crippen molar-refractivity contribution >= 4 is 22.4 Å². The molecule has 2 heterocycles. The highest BCUT2D eigenvalue weighted by Gasteiger charge is 2.13. The van der Waals surface area contributed by atoms with Gasteiger partial charge in [0.25, 0.3) is 11.5 Å². The molecule has 0 atom stereocenters. The third-order valence-electron chi connectivity index (χ3n) is 4.46. The largest absolute Gasteiger partial charge is 0.494 e. The first-order valence-corrected chi connectivity index (χ1v) is 9.19. The summed E-state index contributed by atoms with van der Waals surface area (Å²) in [4.78, 5) is 25.6. The third kappa shape index (κ3) is 3.62. The summed E-state index contributed by atoms with van der Waals surface area (Å²) in [5.41, 5.74) is 0.777. The Labute approximate surface area is 166 Å². The van der Waals surface area contributed by atoms with E-state index in [2.05, 4.69) is 10.5 Å². The Kier molecular flexibility index (Phi) is 4.87. The molecule has 0 spiro atoms. The summed E-state index contributed by atoms with van der Waals surface area (Å²) < 4.78 is 11.9. The number of amides is 1. The highest BCUT2D eigenvalue weighted by atomic mass is 16.5. The normalized spacial score (nSPS) is 10.8. The minimum Gasteiger partial charge on any atom is -0.494 e. The molecule has 4 rings (SSSR count). The number of carbonyl (C=O) groups excluding carboxylic acids is 1. The standard InChI is InChI=1S/C22H19N3O4/c1-3-28-16-7-4-6-15(13-16)21(26)23-19-9-5-8-18-17(19)10-11-25(22(18)27)20-12-14(2)29-24-20/h4-13H,3H2,1-2H3,(H,23,26). The van der Waals surface area contributed by atoms with E-state index in [1.807, 2.05) is 6.92 Å². The SMILES string of the molecule is CCOc1cccc(C(=O)Nc2cccc3c(=O)n(-c4cc(C)on4)ccc23)c1. The molecule has 0 radical (unpaired) electrons. The van der Waals surface area contributed by atoms with E-state index >= 15 is 0 Å². The Morgan fingerprint density at radius 3 is 2.72 bits per heavy atom. The van der Waals surface area contributed by atoms with Crippen LogP contribution >= 0.6 is 0 Å². The molecule has 29 heavy (non-hydrogen) atoms. The van der Waals surface area contributed by atoms with Gasteiger partial charge in [0.1, 0.15) is 11.5 Å². The van der Waals surface area contributed by atoms with Gasteiger partial charge in [0.15, 0.2) is 5.82 Å². The minimum absolute atomic E-state index is 0.245. The number of anilines is 1. The van der Waals surface area contributed by atoms with Gasteiger partial charge in [0.2, 0.25) is 0 Å². The van der Waals surface area contributed by atoms with Crippen LogP contribution in [0.4, 0.5) is 5.69 Å². The van der Waals surface area contributed by atoms with E-state index < -0.39 is 0 Å². The highest BCUT2D eigenvalue weighted by Crippen LogP contribution is 2.23. The van der Waals surface area contributed by atoms with Crippen LogP contribution in [0.5, 0.6) is 5.75 Å². The number of nitrogens with zero attached hydrogens (tertiary/aromatic N) is 2. The van der Waals surface area contributed by atoms with Crippen LogP contribution in [0.15, 0.2) is 70.1 Å². The Morgan fingerprint density at radius 1 is 1.14 bits per heavy atom. The van der Waals surface area contributed by atoms with Gasteiger partial charge in [0, 0.05) is 34.3 Å². The Hall–Kier alpha value is -3.87. The molecule has 0 saturated heterocycles. The Bertz CT molecular complexity index is 1260. The molecule has 0 bridgehead atoms. The van der Waals surface area contributed by atoms with Crippen LogP contribution in [0.2, 0.25) is 0 Å². The van der Waals surface area contributed by atoms with Crippen molar-refractivity contribution in [2.45, 2.75) is 13.8 Å². The van der Waals surface area contributed by atoms with Crippen LogP contribution in [0, 0.1) is 6.92 Å². The van der Waals surface area contributed by atoms with Crippen LogP contribution < -0.4 is 15.6 Å². The van der Waals surface area contributed by atoms with E-state index in [0.29, 0.717) is 46.0 Å². The van der Waals surface area contributed by atoms with E-state index in [1.165, 1.54) is 4.57 Å². The number of hydrogen-bond donors (Lipinski definition) is 1. The molecule has 7 nitrogen and oxygen atoms in total. The number of benzene rings is 2. The maximum Gasteiger partial charge on any atom is 0.264 e. The fraction of sp³-hybridized carbons (Fsp3) is 0.136. The predicted octanol–water partition coefficient (Wildman–Crippen LogP) is 3.94. The molecule has 1 N–H and O–H groups in total. The smallest absolute Gasteiger partial charge is 0.264 e. The molecule has 0 fully saturated rings. The number of carbonyl (C=O) groups is 1. The van der Waals surface area contributed by atoms with Crippen LogP contribution in [0.3, 0.4) is 0 Å². The summed E-state index contributed by atoms with van der Waals surface area (Å²) in [5.74, 6) is 1.37. The number of aryl methyl sites for hydroxylation is 1. The molecule has 146 valence electrons. The highest BCUT2D eigenvalue weighted by molar-refractivity contribution is 6.09. The average Bonchev–Trinajstić information content (AvgIpc) is 3.15. The number of rotatable bonds is 5. The summed E-state index contributed by atoms with van der Waals surface area (Å²) in [7, 11) is 0. The van der Waals surface area contributed by atoms with Crippen molar-refractivity contribution in [1.29, 1.82) is 0 Å². The summed E-state index contributed by atoms with van der Waals surface area (Å²) >= 11 is 0. The summed E-state index contributed by atoms with van der Waals surface area (Å²) in [6.45, 7) is 4.17. The minimum atomic E-state index is -0.282. The zero-order valence-corrected chi connectivity index (χ0v) is 16.0. The fourth-order valence-corrected chi connectivity index (χ4v) is 3.12. The molecular weight excluding hydrogens is 370 g/mol. The number of ether oxygens (including phenoxy) is 1. The summed E-state index contributed by atoms with van der Waals surface area (Å²) in [6, 6.07) is 15.6. The zero-order valence-electron chi connectivity index (χ0n) is 16.0. The van der Waals surface area contributed by atoms with Crippen molar-refractivity contribution in [3.8, 4) is 11.6 Å². The second-order valence-electron chi connectivity index (χ2n) is 6.47. The molecule has 4 aromatic rings. The quantitative estimate of drug-likeness (QED) is 0.559. The van der Waals surface area contributed by atoms with Gasteiger partial charge in [-0.15, -0.1) is 0 Å². The van der Waals surface area contributed by atoms with Gasteiger partial charge < -0.3 is 14.6 Å². The van der Waals surface area contributed by atoms with Crippen molar-refractivity contribution in [2.75, 3.05) is 11.9 Å². The van der Waals surface area contributed by atoms with Gasteiger partial charge in [-0.2, -0.15) is 0 Å². The average molecular weight is 389 g/mol. The van der Waals surface area contributed by atoms with Crippen molar-refractivity contribution < 1.29 is 14.1 Å². The molecule has 1 amide bonds. The van der Waals surface area contributed by atoms with Gasteiger partial charge in [-0.05, 0) is 50.2 Å². The lowest BCUT2D eigenvalue weighted by Gasteiger charge is -2.11. The molecule has 0 aliphatic heterocycles. The lowest BCUT2D eigenvalue weighted by atomic mass is 10.1. The maximum atomic E-state index is 12.9. The second kappa shape index (κ2) is 7.63. The van der Waals surface area contributed by atoms with Gasteiger partial charge in [-0.25, -0.2) is 0 Å². The first-order chi connectivity index (χ1) is 14.1. The molecule has 2 aromatic carbocycles. The monoisotopic (exact) mass is 389 g/mol. The third-order valence-corrected chi connectivity index (χ3v) is 4.46. The van der Waals surface area contributed by atoms with E-state index in [0.717, 1.165) is 0 Å². The fourth-order valence-electron chi connectivity index (χ4n) is 3.12. The molecule has 2 aromatic heterocycles. The van der Waals surface area contributed by atoms with Crippen molar-refractivity contribution in [3.63, 3.8) is 0 Å². The number of nitrogens with one attached hydrogen (secondary N) is 1. The number of hydrogen-bond acceptors (Lipinski definition) is 5. The van der Waals surface area contributed by atoms with E-state index in [-0.39, 0.29) is 11.5 Å². The Balaban J connectivity index is 1.70. The molecule has 0 aliphatic carbocycles. The van der Waals surface area contributed by atoms with Crippen LogP contribution in [-0.4, -0.2) is 22.2 Å². The number of pyridine rings is 1. The topological polar surface area (TPSA) is 86.4 Å². The Morgan fingerprint density at radius 2 is 1.97 bits per heavy atom. The van der Waals surface area contributed by atoms with E-state index in [4.69, 9.17) is 9.26 Å². The number of fused-ring (bicyclic) bond motifs is 1. The van der Waals surface area contributed by atoms with Gasteiger partial charge in [-0.3, -0.25) is 14.2 Å². The maximum absolute atomic E-state index is 12.9. The lowest BCUT2D eigenvalue weighted by Crippen LogP contribution is -2.19. The van der Waals surface area contributed by atoms with Crippen molar-refractivity contribution in [2.24, 2.45) is 0 Å². The second-order valence-corrected chi connectivity index (χ2v) is 6.47. The first kappa shape index (κ1) is 18.5. The molecule has 7 heteroatoms. The molecule has 0 aliphatic rings. The van der Waals surface area contributed by atoms with Crippen LogP contribution in [-0.2, 0) is 0 Å². The summed E-state index contributed by atoms with van der Waals surface area (Å²) in [6.07, 6.45) is 1.62. The summed E-state index contributed by atoms with van der Waals surface area (Å²) in [5, 5.41) is 7.89. The van der Waals surface area contributed by atoms with Crippen molar-refractivity contribution in [1.82, 2.24) is 9.72 Å². The molecular formula is C22H19N3O4. The van der Waals surface area contributed by atoms with Crippen molar-refractivity contribution in [3.05, 3.63) is 82.5 Å². The van der Waals surface area contributed by atoms with E-state index in [9.17, 15) is 9.59 Å². The van der Waals surface area contributed by atoms with Gasteiger partial charge >= 0.3 is 0 Å². The van der Waals surface area contributed by atoms with Crippen LogP contribution in [0.25, 0.3) is 16.6 Å². The lowest BCUT2D eigenvalue weighted by molar-refractivity contribution is 0.102. The van der Waals surface area contributed by atoms with Gasteiger partial charge in [0.05, 0.1) is 6.61 Å². The zero-order chi connectivity index (χ0) is 20.4.